The molecule has 1 heterocycles. The highest BCUT2D eigenvalue weighted by atomic mass is 19.1. The third-order valence-corrected chi connectivity index (χ3v) is 8.33. The number of carbonyl (C=O) groups excluding carboxylic acids is 3. The minimum absolute atomic E-state index is 0.0661. The molecule has 0 saturated carbocycles. The number of carbonyl (C=O) groups is 3. The fourth-order valence-corrected chi connectivity index (χ4v) is 6.04. The van der Waals surface area contributed by atoms with Gasteiger partial charge in [0.05, 0.1) is 18.2 Å². The highest BCUT2D eigenvalue weighted by Crippen LogP contribution is 2.19. The molecule has 3 aromatic rings. The second-order valence-electron chi connectivity index (χ2n) is 12.5. The predicted molar refractivity (Wildman–Crippen MR) is 181 cm³/mol. The van der Waals surface area contributed by atoms with Gasteiger partial charge in [0, 0.05) is 61.2 Å². The quantitative estimate of drug-likeness (QED) is 0.194. The second-order valence-corrected chi connectivity index (χ2v) is 12.5. The molecule has 9 nitrogen and oxygen atoms in total. The van der Waals surface area contributed by atoms with Gasteiger partial charge < -0.3 is 30.6 Å². The van der Waals surface area contributed by atoms with Crippen molar-refractivity contribution in [3.05, 3.63) is 100 Å². The number of amides is 3. The number of nitrogens with zero attached hydrogens (tertiary/aromatic N) is 2. The van der Waals surface area contributed by atoms with Crippen LogP contribution in [-0.2, 0) is 6.42 Å². The van der Waals surface area contributed by atoms with Crippen LogP contribution in [0.15, 0.2) is 60.7 Å². The monoisotopic (exact) mass is 664 g/mol. The van der Waals surface area contributed by atoms with Crippen molar-refractivity contribution in [1.82, 2.24) is 15.1 Å². The standard InChI is InChI=1S/C37H46F2N4O5/c1-4-11-42(12-5-2)37(48)28-15-24(3)14-27(19-28)35(46)41-33(18-25-16-29(38)21-30(39)17-25)34(45)22-40-31-9-6-8-26(20-31)36(47)43-13-7-10-32(44)23-43/h6,8-9,14-17,19-21,32-34,40,44-45H,4-5,7,10-13,18,22-23H2,1-3H3,(H,41,46)/t32?,33-,34+/m0/s1. The number of aliphatic hydroxyl groups excluding tert-OH is 2. The normalized spacial score (nSPS) is 15.8. The third kappa shape index (κ3) is 10.1. The van der Waals surface area contributed by atoms with Crippen molar-refractivity contribution in [2.24, 2.45) is 0 Å². The highest BCUT2D eigenvalue weighted by molar-refractivity contribution is 6.00. The van der Waals surface area contributed by atoms with Gasteiger partial charge in [-0.2, -0.15) is 0 Å². The average molecular weight is 665 g/mol. The number of halogens is 2. The number of hydrogen-bond acceptors (Lipinski definition) is 6. The Bertz CT molecular complexity index is 1560. The molecular weight excluding hydrogens is 618 g/mol. The molecule has 4 rings (SSSR count). The van der Waals surface area contributed by atoms with Crippen LogP contribution >= 0.6 is 0 Å². The van der Waals surface area contributed by atoms with Crippen LogP contribution in [0.5, 0.6) is 0 Å². The van der Waals surface area contributed by atoms with Gasteiger partial charge in [-0.15, -0.1) is 0 Å². The zero-order valence-electron chi connectivity index (χ0n) is 27.8. The molecule has 3 atom stereocenters. The molecule has 1 aliphatic heterocycles. The number of nitrogens with one attached hydrogen (secondary N) is 2. The van der Waals surface area contributed by atoms with Gasteiger partial charge in [0.25, 0.3) is 17.7 Å². The summed E-state index contributed by atoms with van der Waals surface area (Å²) in [6, 6.07) is 13.7. The van der Waals surface area contributed by atoms with E-state index < -0.39 is 35.8 Å². The highest BCUT2D eigenvalue weighted by Gasteiger charge is 2.26. The molecule has 0 bridgehead atoms. The molecule has 3 aromatic carbocycles. The summed E-state index contributed by atoms with van der Waals surface area (Å²) in [6.07, 6.45) is 1.09. The molecule has 1 saturated heterocycles. The number of likely N-dealkylation sites (tertiary alicyclic amines) is 1. The summed E-state index contributed by atoms with van der Waals surface area (Å²) < 4.78 is 28.2. The molecule has 0 radical (unpaired) electrons. The number of rotatable bonds is 14. The molecule has 258 valence electrons. The lowest BCUT2D eigenvalue weighted by molar-refractivity contribution is 0.0473. The molecule has 0 aliphatic carbocycles. The van der Waals surface area contributed by atoms with Gasteiger partial charge >= 0.3 is 0 Å². The Labute approximate surface area is 280 Å². The van der Waals surface area contributed by atoms with Gasteiger partial charge in [-0.1, -0.05) is 19.9 Å². The first-order valence-electron chi connectivity index (χ1n) is 16.6. The van der Waals surface area contributed by atoms with Crippen molar-refractivity contribution in [2.75, 3.05) is 38.0 Å². The molecular formula is C37H46F2N4O5. The number of β-amino-alcohol motifs (C(OH)–C–C–N with tert-alkyl or cyclic N) is 1. The van der Waals surface area contributed by atoms with Crippen LogP contribution < -0.4 is 10.6 Å². The maximum absolute atomic E-state index is 14.1. The summed E-state index contributed by atoms with van der Waals surface area (Å²) in [7, 11) is 0. The van der Waals surface area contributed by atoms with Crippen molar-refractivity contribution in [2.45, 2.75) is 71.1 Å². The van der Waals surface area contributed by atoms with Gasteiger partial charge in [0.15, 0.2) is 0 Å². The van der Waals surface area contributed by atoms with Gasteiger partial charge in [-0.25, -0.2) is 8.78 Å². The molecule has 11 heteroatoms. The van der Waals surface area contributed by atoms with E-state index in [1.807, 2.05) is 13.8 Å². The lowest BCUT2D eigenvalue weighted by Gasteiger charge is -2.30. The van der Waals surface area contributed by atoms with Gasteiger partial charge in [-0.05, 0) is 98.7 Å². The summed E-state index contributed by atoms with van der Waals surface area (Å²) in [6.45, 7) is 7.71. The Morgan fingerprint density at radius 1 is 0.958 bits per heavy atom. The summed E-state index contributed by atoms with van der Waals surface area (Å²) in [5, 5.41) is 27.3. The molecule has 1 fully saturated rings. The van der Waals surface area contributed by atoms with Crippen molar-refractivity contribution in [1.29, 1.82) is 0 Å². The zero-order valence-corrected chi connectivity index (χ0v) is 27.8. The van der Waals surface area contributed by atoms with E-state index in [1.165, 1.54) is 6.07 Å². The van der Waals surface area contributed by atoms with Crippen LogP contribution in [0.2, 0.25) is 0 Å². The van der Waals surface area contributed by atoms with Crippen LogP contribution in [0.1, 0.15) is 81.7 Å². The molecule has 1 unspecified atom stereocenters. The van der Waals surface area contributed by atoms with E-state index in [9.17, 15) is 33.4 Å². The number of aryl methyl sites for hydroxylation is 1. The Morgan fingerprint density at radius 2 is 1.65 bits per heavy atom. The van der Waals surface area contributed by atoms with E-state index in [-0.39, 0.29) is 42.5 Å². The van der Waals surface area contributed by atoms with Crippen molar-refractivity contribution in [3.63, 3.8) is 0 Å². The Morgan fingerprint density at radius 3 is 2.31 bits per heavy atom. The predicted octanol–water partition coefficient (Wildman–Crippen LogP) is 4.95. The maximum Gasteiger partial charge on any atom is 0.254 e. The van der Waals surface area contributed by atoms with E-state index >= 15 is 0 Å². The van der Waals surface area contributed by atoms with Crippen LogP contribution in [0.3, 0.4) is 0 Å². The minimum atomic E-state index is -1.23. The third-order valence-electron chi connectivity index (χ3n) is 8.33. The summed E-state index contributed by atoms with van der Waals surface area (Å²) in [5.41, 5.74) is 2.51. The smallest absolute Gasteiger partial charge is 0.254 e. The van der Waals surface area contributed by atoms with Crippen molar-refractivity contribution in [3.8, 4) is 0 Å². The van der Waals surface area contributed by atoms with Gasteiger partial charge in [0.1, 0.15) is 11.6 Å². The lowest BCUT2D eigenvalue weighted by atomic mass is 9.99. The van der Waals surface area contributed by atoms with Crippen molar-refractivity contribution < 1.29 is 33.4 Å². The first-order chi connectivity index (χ1) is 23.0. The Kier molecular flexibility index (Phi) is 13.0. The number of piperidine rings is 1. The summed E-state index contributed by atoms with van der Waals surface area (Å²) in [5.74, 6) is -2.50. The molecule has 3 amide bonds. The van der Waals surface area contributed by atoms with E-state index in [2.05, 4.69) is 10.6 Å². The lowest BCUT2D eigenvalue weighted by Crippen LogP contribution is -2.47. The van der Waals surface area contributed by atoms with Crippen molar-refractivity contribution >= 4 is 23.4 Å². The van der Waals surface area contributed by atoms with E-state index in [4.69, 9.17) is 0 Å². The molecule has 48 heavy (non-hydrogen) atoms. The van der Waals surface area contributed by atoms with E-state index in [0.29, 0.717) is 48.4 Å². The first kappa shape index (κ1) is 36.5. The molecule has 4 N–H and O–H groups in total. The fourth-order valence-electron chi connectivity index (χ4n) is 6.04. The number of hydrogen-bond donors (Lipinski definition) is 4. The number of benzene rings is 3. The van der Waals surface area contributed by atoms with Gasteiger partial charge in [0.2, 0.25) is 0 Å². The maximum atomic E-state index is 14.1. The zero-order chi connectivity index (χ0) is 34.8. The van der Waals surface area contributed by atoms with Gasteiger partial charge in [-0.3, -0.25) is 14.4 Å². The fraction of sp³-hybridized carbons (Fsp3) is 0.432. The Hall–Kier alpha value is -4.35. The van der Waals surface area contributed by atoms with Crippen LogP contribution in [0.25, 0.3) is 0 Å². The Balaban J connectivity index is 1.52. The average Bonchev–Trinajstić information content (AvgIpc) is 3.05. The first-order valence-corrected chi connectivity index (χ1v) is 16.6. The summed E-state index contributed by atoms with van der Waals surface area (Å²) in [4.78, 5) is 43.4. The number of aliphatic hydroxyl groups is 2. The molecule has 1 aliphatic rings. The topological polar surface area (TPSA) is 122 Å². The van der Waals surface area contributed by atoms with Crippen LogP contribution in [-0.4, -0.2) is 88.7 Å². The number of anilines is 1. The van der Waals surface area contributed by atoms with E-state index in [0.717, 1.165) is 37.5 Å². The SMILES string of the molecule is CCCN(CCC)C(=O)c1cc(C)cc(C(=O)N[C@@H](Cc2cc(F)cc(F)c2)[C@H](O)CNc2cccc(C(=O)N3CCCC(O)C3)c2)c1. The summed E-state index contributed by atoms with van der Waals surface area (Å²) >= 11 is 0. The largest absolute Gasteiger partial charge is 0.391 e. The molecule has 0 aromatic heterocycles. The molecule has 0 spiro atoms. The minimum Gasteiger partial charge on any atom is -0.391 e. The van der Waals surface area contributed by atoms with Crippen LogP contribution in [0, 0.1) is 18.6 Å². The van der Waals surface area contributed by atoms with E-state index in [1.54, 1.807) is 53.1 Å². The van der Waals surface area contributed by atoms with Crippen LogP contribution in [0.4, 0.5) is 14.5 Å². The second kappa shape index (κ2) is 17.2.